The van der Waals surface area contributed by atoms with Crippen molar-refractivity contribution in [1.82, 2.24) is 14.9 Å². The third-order valence-electron chi connectivity index (χ3n) is 4.31. The molecule has 0 spiro atoms. The van der Waals surface area contributed by atoms with Crippen molar-refractivity contribution < 1.29 is 0 Å². The van der Waals surface area contributed by atoms with Crippen molar-refractivity contribution in [2.24, 2.45) is 0 Å². The van der Waals surface area contributed by atoms with Crippen molar-refractivity contribution in [3.05, 3.63) is 30.3 Å². The number of hydrogen-bond donors (Lipinski definition) is 2. The van der Waals surface area contributed by atoms with E-state index in [0.717, 1.165) is 44.1 Å². The number of aromatic nitrogens is 2. The molecule has 0 saturated carbocycles. The number of nitrogen functional groups attached to an aromatic ring is 1. The van der Waals surface area contributed by atoms with Crippen molar-refractivity contribution in [3.63, 3.8) is 0 Å². The lowest BCUT2D eigenvalue weighted by Crippen LogP contribution is -2.46. The lowest BCUT2D eigenvalue weighted by Gasteiger charge is -2.35. The Bertz CT molecular complexity index is 647. The molecule has 1 aromatic carbocycles. The molecule has 0 bridgehead atoms. The summed E-state index contributed by atoms with van der Waals surface area (Å²) in [6.45, 7) is 7.75. The smallest absolute Gasteiger partial charge is 0.163 e. The first kappa shape index (κ1) is 15.6. The highest BCUT2D eigenvalue weighted by molar-refractivity contribution is 5.63. The van der Waals surface area contributed by atoms with E-state index in [9.17, 15) is 0 Å². The van der Waals surface area contributed by atoms with Crippen molar-refractivity contribution in [1.29, 1.82) is 0 Å². The Morgan fingerprint density at radius 2 is 1.78 bits per heavy atom. The molecule has 0 unspecified atom stereocenters. The largest absolute Gasteiger partial charge is 0.384 e. The van der Waals surface area contributed by atoms with Gasteiger partial charge in [0.05, 0.1) is 0 Å². The normalized spacial score (nSPS) is 15.7. The lowest BCUT2D eigenvalue weighted by atomic mass is 10.1. The van der Waals surface area contributed by atoms with Crippen LogP contribution in [-0.2, 0) is 0 Å². The molecule has 6 nitrogen and oxygen atoms in total. The summed E-state index contributed by atoms with van der Waals surface area (Å²) in [4.78, 5) is 13.7. The minimum Gasteiger partial charge on any atom is -0.384 e. The number of nitrogens with two attached hydrogens (primary N) is 1. The molecule has 2 aromatic rings. The highest BCUT2D eigenvalue weighted by Crippen LogP contribution is 2.23. The Kier molecular flexibility index (Phi) is 4.62. The minimum atomic E-state index is 0.471. The van der Waals surface area contributed by atoms with Crippen LogP contribution < -0.4 is 16.0 Å². The number of nitrogens with zero attached hydrogens (tertiary/aromatic N) is 4. The van der Waals surface area contributed by atoms with Crippen LogP contribution >= 0.6 is 0 Å². The van der Waals surface area contributed by atoms with E-state index in [-0.39, 0.29) is 0 Å². The first-order chi connectivity index (χ1) is 11.2. The van der Waals surface area contributed by atoms with Gasteiger partial charge in [-0.1, -0.05) is 6.92 Å². The van der Waals surface area contributed by atoms with Crippen LogP contribution in [0.1, 0.15) is 6.92 Å². The average molecular weight is 312 g/mol. The summed E-state index contributed by atoms with van der Waals surface area (Å²) in [5, 5.41) is 3.01. The second kappa shape index (κ2) is 6.83. The highest BCUT2D eigenvalue weighted by atomic mass is 15.3. The zero-order chi connectivity index (χ0) is 16.2. The van der Waals surface area contributed by atoms with Gasteiger partial charge in [0.1, 0.15) is 11.6 Å². The minimum absolute atomic E-state index is 0.471. The van der Waals surface area contributed by atoms with Crippen LogP contribution in [0.2, 0.25) is 0 Å². The number of hydrogen-bond acceptors (Lipinski definition) is 6. The maximum absolute atomic E-state index is 5.84. The van der Waals surface area contributed by atoms with Gasteiger partial charge in [-0.15, -0.1) is 0 Å². The zero-order valence-corrected chi connectivity index (χ0v) is 13.8. The Balaban J connectivity index is 1.76. The SMILES string of the molecule is CCN1CCN(c2ccc(-c3nc(N)cc(NC)n3)cc2)CC1. The molecule has 122 valence electrons. The summed E-state index contributed by atoms with van der Waals surface area (Å²) in [7, 11) is 1.82. The van der Waals surface area contributed by atoms with Crippen LogP contribution in [0, 0.1) is 0 Å². The van der Waals surface area contributed by atoms with E-state index in [2.05, 4.69) is 56.3 Å². The molecule has 0 radical (unpaired) electrons. The Labute approximate surface area is 137 Å². The predicted octanol–water partition coefficient (Wildman–Crippen LogP) is 1.91. The van der Waals surface area contributed by atoms with Gasteiger partial charge in [0.25, 0.3) is 0 Å². The Morgan fingerprint density at radius 3 is 2.39 bits per heavy atom. The number of rotatable bonds is 4. The Hall–Kier alpha value is -2.34. The molecule has 0 aliphatic carbocycles. The van der Waals surface area contributed by atoms with Gasteiger partial charge < -0.3 is 20.9 Å². The van der Waals surface area contributed by atoms with E-state index in [1.54, 1.807) is 6.07 Å². The molecule has 1 aliphatic rings. The van der Waals surface area contributed by atoms with Gasteiger partial charge in [-0.2, -0.15) is 0 Å². The molecule has 1 aromatic heterocycles. The number of anilines is 3. The maximum Gasteiger partial charge on any atom is 0.163 e. The summed E-state index contributed by atoms with van der Waals surface area (Å²) in [6.07, 6.45) is 0. The number of benzene rings is 1. The second-order valence-corrected chi connectivity index (χ2v) is 5.72. The van der Waals surface area contributed by atoms with E-state index < -0.39 is 0 Å². The summed E-state index contributed by atoms with van der Waals surface area (Å²) >= 11 is 0. The lowest BCUT2D eigenvalue weighted by molar-refractivity contribution is 0.271. The van der Waals surface area contributed by atoms with Crippen molar-refractivity contribution in [2.45, 2.75) is 6.92 Å². The van der Waals surface area contributed by atoms with Crippen molar-refractivity contribution >= 4 is 17.3 Å². The first-order valence-electron chi connectivity index (χ1n) is 8.09. The topological polar surface area (TPSA) is 70.3 Å². The molecule has 0 atom stereocenters. The maximum atomic E-state index is 5.84. The van der Waals surface area contributed by atoms with Crippen LogP contribution in [0.3, 0.4) is 0 Å². The highest BCUT2D eigenvalue weighted by Gasteiger charge is 2.16. The van der Waals surface area contributed by atoms with Crippen LogP contribution in [0.5, 0.6) is 0 Å². The fourth-order valence-corrected chi connectivity index (χ4v) is 2.87. The number of piperazine rings is 1. The standard InChI is InChI=1S/C17H24N6/c1-3-22-8-10-23(11-9-22)14-6-4-13(5-7-14)17-20-15(18)12-16(19-2)21-17/h4-7,12H,3,8-11H2,1-2H3,(H3,18,19,20,21). The predicted molar refractivity (Wildman–Crippen MR) is 95.8 cm³/mol. The monoisotopic (exact) mass is 312 g/mol. The van der Waals surface area contributed by atoms with E-state index in [0.29, 0.717) is 11.6 Å². The van der Waals surface area contributed by atoms with Gasteiger partial charge in [0.2, 0.25) is 0 Å². The molecule has 1 aliphatic heterocycles. The fraction of sp³-hybridized carbons (Fsp3) is 0.412. The van der Waals surface area contributed by atoms with E-state index in [1.165, 1.54) is 5.69 Å². The van der Waals surface area contributed by atoms with Crippen LogP contribution in [-0.4, -0.2) is 54.6 Å². The molecule has 3 N–H and O–H groups in total. The molecule has 6 heteroatoms. The second-order valence-electron chi connectivity index (χ2n) is 5.72. The molecule has 3 rings (SSSR count). The average Bonchev–Trinajstić information content (AvgIpc) is 2.61. The van der Waals surface area contributed by atoms with Crippen LogP contribution in [0.25, 0.3) is 11.4 Å². The van der Waals surface area contributed by atoms with Gasteiger partial charge in [-0.3, -0.25) is 0 Å². The number of nitrogens with one attached hydrogen (secondary N) is 1. The van der Waals surface area contributed by atoms with Crippen LogP contribution in [0.4, 0.5) is 17.3 Å². The van der Waals surface area contributed by atoms with Gasteiger partial charge in [-0.25, -0.2) is 9.97 Å². The fourth-order valence-electron chi connectivity index (χ4n) is 2.87. The molecule has 0 amide bonds. The zero-order valence-electron chi connectivity index (χ0n) is 13.8. The molecular weight excluding hydrogens is 288 g/mol. The number of likely N-dealkylation sites (N-methyl/N-ethyl adjacent to an activating group) is 1. The third kappa shape index (κ3) is 3.53. The summed E-state index contributed by atoms with van der Waals surface area (Å²) in [6, 6.07) is 10.1. The van der Waals surface area contributed by atoms with Crippen molar-refractivity contribution in [3.8, 4) is 11.4 Å². The van der Waals surface area contributed by atoms with E-state index >= 15 is 0 Å². The summed E-state index contributed by atoms with van der Waals surface area (Å²) < 4.78 is 0. The van der Waals surface area contributed by atoms with Crippen LogP contribution in [0.15, 0.2) is 30.3 Å². The van der Waals surface area contributed by atoms with Crippen molar-refractivity contribution in [2.75, 3.05) is 55.7 Å². The molecule has 23 heavy (non-hydrogen) atoms. The molecule has 2 heterocycles. The first-order valence-corrected chi connectivity index (χ1v) is 8.09. The van der Waals surface area contributed by atoms with Gasteiger partial charge in [-0.05, 0) is 30.8 Å². The Morgan fingerprint density at radius 1 is 1.09 bits per heavy atom. The quantitative estimate of drug-likeness (QED) is 0.899. The summed E-state index contributed by atoms with van der Waals surface area (Å²) in [5.74, 6) is 1.85. The van der Waals surface area contributed by atoms with E-state index in [4.69, 9.17) is 5.73 Å². The summed E-state index contributed by atoms with van der Waals surface area (Å²) in [5.41, 5.74) is 8.07. The molecule has 1 saturated heterocycles. The van der Waals surface area contributed by atoms with Gasteiger partial charge in [0.15, 0.2) is 5.82 Å². The third-order valence-corrected chi connectivity index (χ3v) is 4.31. The molecular formula is C17H24N6. The van der Waals surface area contributed by atoms with E-state index in [1.807, 2.05) is 7.05 Å². The van der Waals surface area contributed by atoms with Gasteiger partial charge >= 0.3 is 0 Å². The molecule has 1 fully saturated rings. The van der Waals surface area contributed by atoms with Gasteiger partial charge in [0, 0.05) is 50.5 Å².